The second-order valence-electron chi connectivity index (χ2n) is 5.03. The fourth-order valence-corrected chi connectivity index (χ4v) is 4.52. The van der Waals surface area contributed by atoms with Crippen LogP contribution in [0.4, 0.5) is 0 Å². The third-order valence-electron chi connectivity index (χ3n) is 3.10. The van der Waals surface area contributed by atoms with Gasteiger partial charge < -0.3 is 0 Å². The van der Waals surface area contributed by atoms with Gasteiger partial charge >= 0.3 is 0 Å². The summed E-state index contributed by atoms with van der Waals surface area (Å²) in [6.07, 6.45) is 1.51. The minimum atomic E-state index is -3.31. The summed E-state index contributed by atoms with van der Waals surface area (Å²) < 4.78 is 24.2. The summed E-state index contributed by atoms with van der Waals surface area (Å²) in [5, 5.41) is 4.47. The molecule has 0 saturated heterocycles. The number of nitrogens with zero attached hydrogens (tertiary/aromatic N) is 1. The van der Waals surface area contributed by atoms with Crippen molar-refractivity contribution >= 4 is 45.3 Å². The number of thioether (sulfide) groups is 1. The predicted octanol–water partition coefficient (Wildman–Crippen LogP) is 3.00. The molecule has 132 valence electrons. The van der Waals surface area contributed by atoms with Crippen molar-refractivity contribution in [2.75, 3.05) is 17.3 Å². The van der Waals surface area contributed by atoms with Gasteiger partial charge in [-0.25, -0.2) is 13.8 Å². The van der Waals surface area contributed by atoms with Gasteiger partial charge in [-0.1, -0.05) is 41.9 Å². The number of hydrogen-bond acceptors (Lipinski definition) is 5. The maximum Gasteiger partial charge on any atom is 0.250 e. The first-order valence-electron chi connectivity index (χ1n) is 7.40. The van der Waals surface area contributed by atoms with Crippen LogP contribution in [-0.2, 0) is 14.6 Å². The molecule has 2 aromatic rings. The van der Waals surface area contributed by atoms with E-state index in [4.69, 9.17) is 11.6 Å². The van der Waals surface area contributed by atoms with E-state index in [9.17, 15) is 13.2 Å². The van der Waals surface area contributed by atoms with E-state index in [0.29, 0.717) is 15.7 Å². The van der Waals surface area contributed by atoms with Gasteiger partial charge in [0, 0.05) is 10.8 Å². The van der Waals surface area contributed by atoms with Crippen LogP contribution < -0.4 is 5.43 Å². The van der Waals surface area contributed by atoms with Crippen molar-refractivity contribution in [1.82, 2.24) is 5.43 Å². The molecule has 1 amide bonds. The lowest BCUT2D eigenvalue weighted by atomic mass is 10.2. The van der Waals surface area contributed by atoms with Crippen molar-refractivity contribution in [3.8, 4) is 0 Å². The molecule has 0 aliphatic rings. The molecular formula is C17H17ClN2O3S2. The molecule has 0 aliphatic carbocycles. The Hall–Kier alpha value is -1.83. The number of rotatable bonds is 8. The lowest BCUT2D eigenvalue weighted by Crippen LogP contribution is -2.20. The monoisotopic (exact) mass is 396 g/mol. The number of hydrogen-bond donors (Lipinski definition) is 1. The largest absolute Gasteiger partial charge is 0.272 e. The minimum absolute atomic E-state index is 0.0109. The van der Waals surface area contributed by atoms with Crippen LogP contribution in [0, 0.1) is 0 Å². The predicted molar refractivity (Wildman–Crippen MR) is 103 cm³/mol. The average Bonchev–Trinajstić information content (AvgIpc) is 2.61. The Kier molecular flexibility index (Phi) is 7.49. The van der Waals surface area contributed by atoms with Crippen molar-refractivity contribution in [3.63, 3.8) is 0 Å². The summed E-state index contributed by atoms with van der Waals surface area (Å²) in [5.41, 5.74) is 3.21. The molecular weight excluding hydrogens is 380 g/mol. The second-order valence-corrected chi connectivity index (χ2v) is 8.68. The van der Waals surface area contributed by atoms with Gasteiger partial charge in [0.1, 0.15) is 0 Å². The second kappa shape index (κ2) is 9.60. The van der Waals surface area contributed by atoms with Crippen LogP contribution in [0.25, 0.3) is 0 Å². The Morgan fingerprint density at radius 3 is 2.48 bits per heavy atom. The number of halogens is 1. The number of carbonyl (C=O) groups excluding carboxylic acids is 1. The molecule has 0 saturated carbocycles. The molecule has 0 bridgehead atoms. The summed E-state index contributed by atoms with van der Waals surface area (Å²) in [6, 6.07) is 15.3. The molecule has 0 spiro atoms. The minimum Gasteiger partial charge on any atom is -0.272 e. The van der Waals surface area contributed by atoms with Gasteiger partial charge in [0.15, 0.2) is 9.84 Å². The molecule has 0 aromatic heterocycles. The highest BCUT2D eigenvalue weighted by Crippen LogP contribution is 2.12. The lowest BCUT2D eigenvalue weighted by molar-refractivity contribution is -0.118. The topological polar surface area (TPSA) is 75.6 Å². The highest BCUT2D eigenvalue weighted by atomic mass is 35.5. The van der Waals surface area contributed by atoms with E-state index in [0.717, 1.165) is 5.56 Å². The molecule has 0 aliphatic heterocycles. The zero-order valence-corrected chi connectivity index (χ0v) is 15.7. The smallest absolute Gasteiger partial charge is 0.250 e. The highest BCUT2D eigenvalue weighted by Gasteiger charge is 2.13. The first-order valence-corrected chi connectivity index (χ1v) is 10.6. The molecule has 25 heavy (non-hydrogen) atoms. The van der Waals surface area contributed by atoms with Gasteiger partial charge in [-0.15, -0.1) is 0 Å². The summed E-state index contributed by atoms with van der Waals surface area (Å²) >= 11 is 7.03. The first kappa shape index (κ1) is 19.5. The third kappa shape index (κ3) is 6.89. The first-order chi connectivity index (χ1) is 12.0. The van der Waals surface area contributed by atoms with E-state index in [2.05, 4.69) is 10.5 Å². The quantitative estimate of drug-likeness (QED) is 0.423. The van der Waals surface area contributed by atoms with E-state index >= 15 is 0 Å². The molecule has 0 heterocycles. The lowest BCUT2D eigenvalue weighted by Gasteiger charge is -2.04. The Morgan fingerprint density at radius 1 is 1.12 bits per heavy atom. The van der Waals surface area contributed by atoms with Crippen molar-refractivity contribution in [3.05, 3.63) is 65.2 Å². The van der Waals surface area contributed by atoms with Crippen LogP contribution in [0.5, 0.6) is 0 Å². The number of sulfone groups is 1. The Balaban J connectivity index is 1.69. The van der Waals surface area contributed by atoms with Crippen LogP contribution in [-0.4, -0.2) is 37.8 Å². The maximum absolute atomic E-state index is 12.1. The fraction of sp³-hybridized carbons (Fsp3) is 0.176. The van der Waals surface area contributed by atoms with Gasteiger partial charge in [-0.2, -0.15) is 16.9 Å². The standard InChI is InChI=1S/C17H17ClN2O3S2/c18-15-8-6-14(7-9-15)12-19-20-17(21)13-24-10-11-25(22,23)16-4-2-1-3-5-16/h1-9,12H,10-11,13H2,(H,20,21). The molecule has 1 N–H and O–H groups in total. The van der Waals surface area contributed by atoms with Gasteiger partial charge in [0.05, 0.1) is 22.6 Å². The van der Waals surface area contributed by atoms with Crippen molar-refractivity contribution < 1.29 is 13.2 Å². The Labute approximate surface area is 156 Å². The zero-order chi connectivity index (χ0) is 18.1. The average molecular weight is 397 g/mol. The van der Waals surface area contributed by atoms with Gasteiger partial charge in [-0.05, 0) is 29.8 Å². The fourth-order valence-electron chi connectivity index (χ4n) is 1.84. The summed E-state index contributed by atoms with van der Waals surface area (Å²) in [6.45, 7) is 0. The summed E-state index contributed by atoms with van der Waals surface area (Å²) in [7, 11) is -3.31. The van der Waals surface area contributed by atoms with E-state index in [1.807, 2.05) is 0 Å². The molecule has 0 fully saturated rings. The number of benzene rings is 2. The molecule has 2 aromatic carbocycles. The molecule has 0 atom stereocenters. The van der Waals surface area contributed by atoms with E-state index in [1.54, 1.807) is 54.6 Å². The summed E-state index contributed by atoms with van der Waals surface area (Å²) in [5.74, 6) is 0.184. The SMILES string of the molecule is O=C(CSCCS(=O)(=O)c1ccccc1)NN=Cc1ccc(Cl)cc1. The molecule has 8 heteroatoms. The molecule has 0 radical (unpaired) electrons. The van der Waals surface area contributed by atoms with E-state index in [1.165, 1.54) is 18.0 Å². The van der Waals surface area contributed by atoms with Crippen molar-refractivity contribution in [2.24, 2.45) is 5.10 Å². The van der Waals surface area contributed by atoms with E-state index in [-0.39, 0.29) is 17.4 Å². The number of carbonyl (C=O) groups is 1. The van der Waals surface area contributed by atoms with Crippen molar-refractivity contribution in [2.45, 2.75) is 4.90 Å². The Bertz CT molecular complexity index is 823. The third-order valence-corrected chi connectivity index (χ3v) is 6.31. The van der Waals surface area contributed by atoms with Crippen LogP contribution in [0.3, 0.4) is 0 Å². The van der Waals surface area contributed by atoms with Crippen LogP contribution >= 0.6 is 23.4 Å². The molecule has 0 unspecified atom stereocenters. The number of hydrazone groups is 1. The molecule has 2 rings (SSSR count). The van der Waals surface area contributed by atoms with Gasteiger partial charge in [0.2, 0.25) is 5.91 Å². The number of amides is 1. The maximum atomic E-state index is 12.1. The zero-order valence-electron chi connectivity index (χ0n) is 13.3. The van der Waals surface area contributed by atoms with Crippen LogP contribution in [0.2, 0.25) is 5.02 Å². The van der Waals surface area contributed by atoms with Crippen molar-refractivity contribution in [1.29, 1.82) is 0 Å². The van der Waals surface area contributed by atoms with E-state index < -0.39 is 9.84 Å². The summed E-state index contributed by atoms with van der Waals surface area (Å²) in [4.78, 5) is 12.0. The van der Waals surface area contributed by atoms with Crippen LogP contribution in [0.15, 0.2) is 64.6 Å². The van der Waals surface area contributed by atoms with Gasteiger partial charge in [0.25, 0.3) is 0 Å². The van der Waals surface area contributed by atoms with Crippen LogP contribution in [0.1, 0.15) is 5.56 Å². The normalized spacial score (nSPS) is 11.6. The Morgan fingerprint density at radius 2 is 1.80 bits per heavy atom. The number of nitrogens with one attached hydrogen (secondary N) is 1. The van der Waals surface area contributed by atoms with Gasteiger partial charge in [-0.3, -0.25) is 4.79 Å². The highest BCUT2D eigenvalue weighted by molar-refractivity contribution is 8.01. The molecule has 5 nitrogen and oxygen atoms in total.